The van der Waals surface area contributed by atoms with Crippen molar-refractivity contribution in [3.8, 4) is 47.3 Å². The average molecular weight is 523 g/mol. The van der Waals surface area contributed by atoms with Crippen molar-refractivity contribution in [1.82, 2.24) is 5.32 Å². The molecule has 2 aliphatic heterocycles. The van der Waals surface area contributed by atoms with Crippen molar-refractivity contribution in [1.29, 1.82) is 21.0 Å². The Morgan fingerprint density at radius 3 is 2.00 bits per heavy atom. The summed E-state index contributed by atoms with van der Waals surface area (Å²) in [6.07, 6.45) is 0.304. The molecule has 1 fully saturated rings. The molecule has 3 N–H and O–H groups in total. The van der Waals surface area contributed by atoms with Gasteiger partial charge in [-0.3, -0.25) is 0 Å². The summed E-state index contributed by atoms with van der Waals surface area (Å²) in [5.41, 5.74) is 6.60. The van der Waals surface area contributed by atoms with Gasteiger partial charge in [0.2, 0.25) is 0 Å². The Morgan fingerprint density at radius 1 is 0.872 bits per heavy atom. The summed E-state index contributed by atoms with van der Waals surface area (Å²) in [7, 11) is 6.13. The Labute approximate surface area is 226 Å². The normalized spacial score (nSPS) is 22.9. The number of benzene rings is 2. The van der Waals surface area contributed by atoms with E-state index in [-0.39, 0.29) is 22.5 Å². The molecule has 2 aromatic rings. The van der Waals surface area contributed by atoms with E-state index in [2.05, 4.69) is 17.5 Å². The number of fused-ring (bicyclic) bond motifs is 2. The van der Waals surface area contributed by atoms with Crippen molar-refractivity contribution >= 4 is 0 Å². The number of methoxy groups -OCH3 is 4. The van der Waals surface area contributed by atoms with Gasteiger partial charge in [0.05, 0.1) is 63.6 Å². The molecule has 0 saturated carbocycles. The standard InChI is InChI=1S/C29H26N6O4/c1-36-21-7-5-16(10-23(21)38-3)9-20-25(17-6-8-22(37-2)24(11-17)39-4)26-19(14-32)27(34)29(20,15-33)28(35-26)18(12-30)13-31/h5-8,10-11,20,25-26,35H,9,34H2,1-4H3. The van der Waals surface area contributed by atoms with E-state index in [1.807, 2.05) is 36.4 Å². The summed E-state index contributed by atoms with van der Waals surface area (Å²) in [5, 5.41) is 43.6. The molecule has 0 amide bonds. The first-order valence-electron chi connectivity index (χ1n) is 11.9. The van der Waals surface area contributed by atoms with Crippen molar-refractivity contribution in [3.05, 3.63) is 70.1 Å². The number of ether oxygens (including phenoxy) is 4. The summed E-state index contributed by atoms with van der Waals surface area (Å²) in [6, 6.07) is 18.4. The molecule has 1 aliphatic carbocycles. The fourth-order valence-electron chi connectivity index (χ4n) is 5.77. The molecule has 196 valence electrons. The molecule has 2 aromatic carbocycles. The highest BCUT2D eigenvalue weighted by molar-refractivity contribution is 5.61. The zero-order chi connectivity index (χ0) is 28.3. The second-order valence-corrected chi connectivity index (χ2v) is 9.09. The lowest BCUT2D eigenvalue weighted by Crippen LogP contribution is -2.62. The van der Waals surface area contributed by atoms with Gasteiger partial charge in [-0.1, -0.05) is 12.1 Å². The minimum absolute atomic E-state index is 0.0384. The van der Waals surface area contributed by atoms with Crippen molar-refractivity contribution in [3.63, 3.8) is 0 Å². The Bertz CT molecular complexity index is 1540. The summed E-state index contributed by atoms with van der Waals surface area (Å²) >= 11 is 0. The van der Waals surface area contributed by atoms with Crippen LogP contribution in [0.5, 0.6) is 23.0 Å². The van der Waals surface area contributed by atoms with Crippen LogP contribution < -0.4 is 30.0 Å². The molecule has 4 atom stereocenters. The first-order valence-corrected chi connectivity index (χ1v) is 11.9. The highest BCUT2D eigenvalue weighted by Gasteiger charge is 2.62. The van der Waals surface area contributed by atoms with Crippen molar-refractivity contribution in [2.45, 2.75) is 18.4 Å². The topological polar surface area (TPSA) is 170 Å². The molecule has 0 radical (unpaired) electrons. The van der Waals surface area contributed by atoms with E-state index in [0.717, 1.165) is 11.1 Å². The van der Waals surface area contributed by atoms with E-state index in [1.54, 1.807) is 19.2 Å². The highest BCUT2D eigenvalue weighted by atomic mass is 16.5. The number of piperidine rings is 1. The number of hydrogen-bond donors (Lipinski definition) is 2. The fraction of sp³-hybridized carbons (Fsp3) is 0.310. The second-order valence-electron chi connectivity index (χ2n) is 9.09. The predicted octanol–water partition coefficient (Wildman–Crippen LogP) is 3.20. The van der Waals surface area contributed by atoms with Gasteiger partial charge in [-0.05, 0) is 41.8 Å². The van der Waals surface area contributed by atoms with Gasteiger partial charge >= 0.3 is 0 Å². The van der Waals surface area contributed by atoms with Crippen LogP contribution in [-0.2, 0) is 6.42 Å². The third-order valence-corrected chi connectivity index (χ3v) is 7.54. The van der Waals surface area contributed by atoms with Crippen LogP contribution in [0, 0.1) is 56.7 Å². The number of nitrogens with one attached hydrogen (secondary N) is 1. The Balaban J connectivity index is 2.03. The molecule has 0 spiro atoms. The van der Waals surface area contributed by atoms with Gasteiger partial charge in [0, 0.05) is 11.8 Å². The number of nitriles is 4. The minimum Gasteiger partial charge on any atom is -0.493 e. The van der Waals surface area contributed by atoms with E-state index in [9.17, 15) is 21.0 Å². The van der Waals surface area contributed by atoms with Crippen LogP contribution in [0.25, 0.3) is 0 Å². The molecule has 10 heteroatoms. The summed E-state index contributed by atoms with van der Waals surface area (Å²) in [5.74, 6) is 0.995. The molecule has 5 rings (SSSR count). The van der Waals surface area contributed by atoms with Crippen LogP contribution in [0.2, 0.25) is 0 Å². The lowest BCUT2D eigenvalue weighted by molar-refractivity contribution is 0.170. The van der Waals surface area contributed by atoms with Crippen molar-refractivity contribution < 1.29 is 18.9 Å². The molecule has 39 heavy (non-hydrogen) atoms. The van der Waals surface area contributed by atoms with Crippen LogP contribution in [0.3, 0.4) is 0 Å². The van der Waals surface area contributed by atoms with Crippen LogP contribution in [0.1, 0.15) is 17.0 Å². The first-order chi connectivity index (χ1) is 18.9. The van der Waals surface area contributed by atoms with E-state index in [1.165, 1.54) is 21.3 Å². The Hall–Kier alpha value is -5.32. The molecule has 0 aromatic heterocycles. The Morgan fingerprint density at radius 2 is 1.46 bits per heavy atom. The van der Waals surface area contributed by atoms with Crippen molar-refractivity contribution in [2.24, 2.45) is 17.1 Å². The van der Waals surface area contributed by atoms with Gasteiger partial charge < -0.3 is 30.0 Å². The number of hydrogen-bond acceptors (Lipinski definition) is 10. The number of nitrogens with zero attached hydrogens (tertiary/aromatic N) is 4. The zero-order valence-corrected chi connectivity index (χ0v) is 21.9. The van der Waals surface area contributed by atoms with E-state index >= 15 is 0 Å². The maximum atomic E-state index is 10.8. The molecule has 3 aliphatic rings. The predicted molar refractivity (Wildman–Crippen MR) is 139 cm³/mol. The third-order valence-electron chi connectivity index (χ3n) is 7.54. The average Bonchev–Trinajstić information content (AvgIpc) is 2.97. The third kappa shape index (κ3) is 4.00. The summed E-state index contributed by atoms with van der Waals surface area (Å²) < 4.78 is 21.8. The molecule has 2 bridgehead atoms. The summed E-state index contributed by atoms with van der Waals surface area (Å²) in [4.78, 5) is 0. The number of nitrogens with two attached hydrogens (primary N) is 1. The quantitative estimate of drug-likeness (QED) is 0.515. The monoisotopic (exact) mass is 522 g/mol. The highest BCUT2D eigenvalue weighted by Crippen LogP contribution is 2.59. The maximum Gasteiger partial charge on any atom is 0.160 e. The SMILES string of the molecule is COc1ccc(CC2C(c3ccc(OC)c(OC)c3)C3NC(=C(C#N)C#N)C2(C#N)C(N)=C3C#N)cc1OC. The fourth-order valence-corrected chi connectivity index (χ4v) is 5.77. The first kappa shape index (κ1) is 26.7. The van der Waals surface area contributed by atoms with Gasteiger partial charge in [0.1, 0.15) is 17.6 Å². The molecule has 4 unspecified atom stereocenters. The zero-order valence-electron chi connectivity index (χ0n) is 21.9. The largest absolute Gasteiger partial charge is 0.493 e. The molecular formula is C29H26N6O4. The maximum absolute atomic E-state index is 10.8. The van der Waals surface area contributed by atoms with Gasteiger partial charge in [-0.25, -0.2) is 0 Å². The van der Waals surface area contributed by atoms with E-state index < -0.39 is 23.3 Å². The lowest BCUT2D eigenvalue weighted by atomic mass is 9.52. The van der Waals surface area contributed by atoms with Gasteiger partial charge in [0.15, 0.2) is 28.6 Å². The van der Waals surface area contributed by atoms with Crippen LogP contribution >= 0.6 is 0 Å². The van der Waals surface area contributed by atoms with E-state index in [0.29, 0.717) is 29.4 Å². The number of allylic oxidation sites excluding steroid dienone is 1. The van der Waals surface area contributed by atoms with Crippen LogP contribution in [0.15, 0.2) is 58.9 Å². The van der Waals surface area contributed by atoms with Crippen molar-refractivity contribution in [2.75, 3.05) is 28.4 Å². The van der Waals surface area contributed by atoms with Crippen LogP contribution in [-0.4, -0.2) is 34.5 Å². The second kappa shape index (κ2) is 10.6. The molecule has 1 saturated heterocycles. The molecule has 10 nitrogen and oxygen atoms in total. The van der Waals surface area contributed by atoms with Gasteiger partial charge in [-0.15, -0.1) is 0 Å². The van der Waals surface area contributed by atoms with Gasteiger partial charge in [-0.2, -0.15) is 21.0 Å². The smallest absolute Gasteiger partial charge is 0.160 e. The Kier molecular flexibility index (Phi) is 7.25. The molecular weight excluding hydrogens is 496 g/mol. The summed E-state index contributed by atoms with van der Waals surface area (Å²) in [6.45, 7) is 0. The lowest BCUT2D eigenvalue weighted by Gasteiger charge is -2.55. The minimum atomic E-state index is -1.66. The van der Waals surface area contributed by atoms with Crippen LogP contribution in [0.4, 0.5) is 0 Å². The van der Waals surface area contributed by atoms with Gasteiger partial charge in [0.25, 0.3) is 0 Å². The molecule has 2 heterocycles. The number of rotatable bonds is 7. The van der Waals surface area contributed by atoms with E-state index in [4.69, 9.17) is 24.7 Å².